The minimum absolute atomic E-state index is 0.125. The minimum atomic E-state index is -3.36. The Morgan fingerprint density at radius 2 is 1.68 bits per heavy atom. The third-order valence-electron chi connectivity index (χ3n) is 5.19. The molecule has 1 aromatic heterocycles. The van der Waals surface area contributed by atoms with Gasteiger partial charge in [-0.3, -0.25) is 9.10 Å². The normalized spacial score (nSPS) is 12.1. The molecular weight excluding hydrogens is 460 g/mol. The fourth-order valence-corrected chi connectivity index (χ4v) is 3.61. The molecule has 0 spiro atoms. The number of amides is 1. The van der Waals surface area contributed by atoms with Crippen molar-refractivity contribution in [3.05, 3.63) is 54.4 Å². The fraction of sp³-hybridized carbons (Fsp3) is 0.348. The Morgan fingerprint density at radius 1 is 1.06 bits per heavy atom. The van der Waals surface area contributed by atoms with Crippen LogP contribution in [0.5, 0.6) is 11.5 Å². The number of rotatable bonds is 10. The van der Waals surface area contributed by atoms with Gasteiger partial charge in [0.2, 0.25) is 21.7 Å². The highest BCUT2D eigenvalue weighted by Crippen LogP contribution is 2.23. The van der Waals surface area contributed by atoms with Crippen molar-refractivity contribution < 1.29 is 27.2 Å². The molecule has 34 heavy (non-hydrogen) atoms. The van der Waals surface area contributed by atoms with Crippen molar-refractivity contribution in [1.82, 2.24) is 15.0 Å². The smallest absolute Gasteiger partial charge is 0.263 e. The highest BCUT2D eigenvalue weighted by molar-refractivity contribution is 7.92. The molecule has 0 bridgehead atoms. The molecular formula is C23H28N4O6S. The SMILES string of the molecule is CC[C@H](Oc1ccc(N(C)S(C)(=O)=O)cc1)C(=O)N(C)Cc1nc(-c2ccc(OC)cc2)no1. The molecule has 0 radical (unpaired) electrons. The van der Waals surface area contributed by atoms with Crippen molar-refractivity contribution in [2.45, 2.75) is 26.0 Å². The first kappa shape index (κ1) is 25.0. The summed E-state index contributed by atoms with van der Waals surface area (Å²) in [7, 11) is 1.33. The van der Waals surface area contributed by atoms with Crippen LogP contribution < -0.4 is 13.8 Å². The van der Waals surface area contributed by atoms with Crippen molar-refractivity contribution in [3.63, 3.8) is 0 Å². The van der Waals surface area contributed by atoms with E-state index in [1.807, 2.05) is 19.1 Å². The second-order valence-corrected chi connectivity index (χ2v) is 9.69. The Hall–Kier alpha value is -3.60. The van der Waals surface area contributed by atoms with E-state index in [9.17, 15) is 13.2 Å². The second-order valence-electron chi connectivity index (χ2n) is 7.67. The number of hydrogen-bond acceptors (Lipinski definition) is 8. The molecule has 1 atom stereocenters. The summed E-state index contributed by atoms with van der Waals surface area (Å²) in [6, 6.07) is 13.8. The van der Waals surface area contributed by atoms with Crippen LogP contribution in [-0.2, 0) is 21.4 Å². The van der Waals surface area contributed by atoms with Crippen LogP contribution in [0.2, 0.25) is 0 Å². The number of sulfonamides is 1. The highest BCUT2D eigenvalue weighted by atomic mass is 32.2. The maximum atomic E-state index is 12.9. The van der Waals surface area contributed by atoms with E-state index in [4.69, 9.17) is 14.0 Å². The van der Waals surface area contributed by atoms with Crippen LogP contribution in [0.3, 0.4) is 0 Å². The van der Waals surface area contributed by atoms with Gasteiger partial charge in [-0.15, -0.1) is 0 Å². The molecule has 3 rings (SSSR count). The zero-order valence-electron chi connectivity index (χ0n) is 19.8. The van der Waals surface area contributed by atoms with Gasteiger partial charge in [-0.25, -0.2) is 8.42 Å². The number of nitrogens with zero attached hydrogens (tertiary/aromatic N) is 4. The van der Waals surface area contributed by atoms with Gasteiger partial charge in [-0.05, 0) is 55.0 Å². The summed E-state index contributed by atoms with van der Waals surface area (Å²) in [6.45, 7) is 1.97. The molecule has 0 fully saturated rings. The summed E-state index contributed by atoms with van der Waals surface area (Å²) in [6.07, 6.45) is 0.838. The van der Waals surface area contributed by atoms with Crippen LogP contribution in [0.1, 0.15) is 19.2 Å². The minimum Gasteiger partial charge on any atom is -0.497 e. The standard InChI is InChI=1S/C23H28N4O6S/c1-6-20(32-19-13-9-17(10-14-19)27(3)34(5,29)30)23(28)26(2)15-21-24-22(25-33-21)16-7-11-18(31-4)12-8-16/h7-14,20H,6,15H2,1-5H3/t20-/m0/s1. The Bertz CT molecular complexity index is 1210. The molecule has 0 saturated carbocycles. The number of aromatic nitrogens is 2. The molecule has 182 valence electrons. The van der Waals surface area contributed by atoms with Crippen LogP contribution in [0.15, 0.2) is 53.1 Å². The van der Waals surface area contributed by atoms with Crippen LogP contribution in [0.4, 0.5) is 5.69 Å². The van der Waals surface area contributed by atoms with E-state index < -0.39 is 16.1 Å². The lowest BCUT2D eigenvalue weighted by molar-refractivity contribution is -0.138. The van der Waals surface area contributed by atoms with Crippen LogP contribution in [0.25, 0.3) is 11.4 Å². The number of methoxy groups -OCH3 is 1. The van der Waals surface area contributed by atoms with Gasteiger partial charge in [0, 0.05) is 19.7 Å². The van der Waals surface area contributed by atoms with E-state index >= 15 is 0 Å². The third kappa shape index (κ3) is 6.04. The molecule has 0 aliphatic carbocycles. The highest BCUT2D eigenvalue weighted by Gasteiger charge is 2.24. The van der Waals surface area contributed by atoms with Gasteiger partial charge < -0.3 is 18.9 Å². The Balaban J connectivity index is 1.63. The van der Waals surface area contributed by atoms with Crippen LogP contribution in [0, 0.1) is 0 Å². The zero-order valence-corrected chi connectivity index (χ0v) is 20.6. The molecule has 2 aromatic carbocycles. The lowest BCUT2D eigenvalue weighted by Gasteiger charge is -2.23. The first-order valence-corrected chi connectivity index (χ1v) is 12.4. The summed E-state index contributed by atoms with van der Waals surface area (Å²) < 4.78 is 40.9. The van der Waals surface area contributed by atoms with Gasteiger partial charge in [-0.2, -0.15) is 4.98 Å². The molecule has 1 heterocycles. The number of likely N-dealkylation sites (N-methyl/N-ethyl adjacent to an activating group) is 1. The van der Waals surface area contributed by atoms with E-state index in [0.29, 0.717) is 29.6 Å². The number of ether oxygens (including phenoxy) is 2. The van der Waals surface area contributed by atoms with Gasteiger partial charge in [0.05, 0.1) is 25.6 Å². The summed E-state index contributed by atoms with van der Waals surface area (Å²) in [4.78, 5) is 18.8. The monoisotopic (exact) mass is 488 g/mol. The first-order valence-electron chi connectivity index (χ1n) is 10.5. The molecule has 1 amide bonds. The number of benzene rings is 2. The average Bonchev–Trinajstić information content (AvgIpc) is 3.29. The van der Waals surface area contributed by atoms with Gasteiger partial charge in [0.15, 0.2) is 6.10 Å². The Morgan fingerprint density at radius 3 is 2.24 bits per heavy atom. The quantitative estimate of drug-likeness (QED) is 0.428. The van der Waals surface area contributed by atoms with Crippen molar-refractivity contribution in [2.24, 2.45) is 0 Å². The lowest BCUT2D eigenvalue weighted by Crippen LogP contribution is -2.39. The largest absolute Gasteiger partial charge is 0.497 e. The number of anilines is 1. The third-order valence-corrected chi connectivity index (χ3v) is 6.39. The van der Waals surface area contributed by atoms with Gasteiger partial charge >= 0.3 is 0 Å². The Labute approximate surface area is 199 Å². The van der Waals surface area contributed by atoms with Crippen LogP contribution in [-0.4, -0.2) is 62.9 Å². The maximum Gasteiger partial charge on any atom is 0.263 e. The molecule has 11 heteroatoms. The van der Waals surface area contributed by atoms with E-state index in [-0.39, 0.29) is 12.5 Å². The van der Waals surface area contributed by atoms with E-state index in [0.717, 1.165) is 21.9 Å². The van der Waals surface area contributed by atoms with E-state index in [1.54, 1.807) is 50.6 Å². The molecule has 0 N–H and O–H groups in total. The van der Waals surface area contributed by atoms with Gasteiger partial charge in [0.25, 0.3) is 5.91 Å². The first-order chi connectivity index (χ1) is 16.1. The lowest BCUT2D eigenvalue weighted by atomic mass is 10.2. The molecule has 0 saturated heterocycles. The molecule has 0 aliphatic heterocycles. The Kier molecular flexibility index (Phi) is 7.77. The topological polar surface area (TPSA) is 115 Å². The summed E-state index contributed by atoms with van der Waals surface area (Å²) in [5.74, 6) is 1.65. The van der Waals surface area contributed by atoms with E-state index in [2.05, 4.69) is 10.1 Å². The molecule has 0 aliphatic rings. The van der Waals surface area contributed by atoms with Crippen molar-refractivity contribution in [3.8, 4) is 22.9 Å². The predicted molar refractivity (Wildman–Crippen MR) is 127 cm³/mol. The summed E-state index contributed by atoms with van der Waals surface area (Å²) in [5.41, 5.74) is 1.26. The molecule has 0 unspecified atom stereocenters. The predicted octanol–water partition coefficient (Wildman–Crippen LogP) is 2.96. The second kappa shape index (κ2) is 10.6. The summed E-state index contributed by atoms with van der Waals surface area (Å²) in [5, 5.41) is 3.98. The van der Waals surface area contributed by atoms with Crippen molar-refractivity contribution >= 4 is 21.6 Å². The molecule has 3 aromatic rings. The van der Waals surface area contributed by atoms with Crippen molar-refractivity contribution in [2.75, 3.05) is 31.8 Å². The van der Waals surface area contributed by atoms with Crippen molar-refractivity contribution in [1.29, 1.82) is 0 Å². The number of carbonyl (C=O) groups is 1. The zero-order chi connectivity index (χ0) is 24.9. The van der Waals surface area contributed by atoms with Gasteiger partial charge in [-0.1, -0.05) is 12.1 Å². The maximum absolute atomic E-state index is 12.9. The number of carbonyl (C=O) groups excluding carboxylic acids is 1. The molecule has 10 nitrogen and oxygen atoms in total. The fourth-order valence-electron chi connectivity index (χ4n) is 3.10. The average molecular weight is 489 g/mol. The van der Waals surface area contributed by atoms with E-state index in [1.165, 1.54) is 11.9 Å². The number of hydrogen-bond donors (Lipinski definition) is 0. The van der Waals surface area contributed by atoms with Crippen LogP contribution >= 0.6 is 0 Å². The summed E-state index contributed by atoms with van der Waals surface area (Å²) >= 11 is 0. The van der Waals surface area contributed by atoms with Gasteiger partial charge in [0.1, 0.15) is 11.5 Å².